The van der Waals surface area contributed by atoms with Crippen molar-refractivity contribution in [2.75, 3.05) is 23.3 Å². The Morgan fingerprint density at radius 1 is 1.11 bits per heavy atom. The fourth-order valence-electron chi connectivity index (χ4n) is 2.10. The first-order valence-corrected chi connectivity index (χ1v) is 6.94. The van der Waals surface area contributed by atoms with Crippen LogP contribution in [0.4, 0.5) is 11.8 Å². The molecule has 19 heavy (non-hydrogen) atoms. The summed E-state index contributed by atoms with van der Waals surface area (Å²) in [5.41, 5.74) is 0.988. The van der Waals surface area contributed by atoms with Crippen LogP contribution in [0.15, 0.2) is 24.3 Å². The average Bonchev–Trinajstić information content (AvgIpc) is 2.39. The molecular weight excluding hydrogens is 236 g/mol. The molecule has 102 valence electrons. The quantitative estimate of drug-likeness (QED) is 0.893. The molecule has 0 amide bonds. The standard InChI is InChI=1S/C15H22N4/c1-5-19(6-2)15-17-13-10-8-7-9-12(13)14(18-15)16-11(3)4/h7-11H,5-6H2,1-4H3,(H,16,17,18). The molecule has 0 bridgehead atoms. The SMILES string of the molecule is CCN(CC)c1nc(NC(C)C)c2ccccc2n1. The number of para-hydroxylation sites is 1. The van der Waals surface area contributed by atoms with Gasteiger partial charge in [-0.05, 0) is 39.8 Å². The Bertz CT molecular complexity index is 547. The highest BCUT2D eigenvalue weighted by Crippen LogP contribution is 2.23. The Morgan fingerprint density at radius 3 is 2.42 bits per heavy atom. The molecule has 0 spiro atoms. The normalized spacial score (nSPS) is 11.0. The van der Waals surface area contributed by atoms with Crippen LogP contribution in [-0.4, -0.2) is 29.1 Å². The zero-order valence-corrected chi connectivity index (χ0v) is 12.1. The zero-order chi connectivity index (χ0) is 13.8. The van der Waals surface area contributed by atoms with Crippen molar-refractivity contribution < 1.29 is 0 Å². The lowest BCUT2D eigenvalue weighted by molar-refractivity contribution is 0.821. The van der Waals surface area contributed by atoms with E-state index in [1.54, 1.807) is 0 Å². The van der Waals surface area contributed by atoms with E-state index in [1.807, 2.05) is 18.2 Å². The average molecular weight is 258 g/mol. The smallest absolute Gasteiger partial charge is 0.227 e. The Hall–Kier alpha value is -1.84. The molecule has 0 aliphatic carbocycles. The van der Waals surface area contributed by atoms with Crippen LogP contribution in [0.25, 0.3) is 10.9 Å². The van der Waals surface area contributed by atoms with E-state index in [0.29, 0.717) is 6.04 Å². The van der Waals surface area contributed by atoms with E-state index in [9.17, 15) is 0 Å². The van der Waals surface area contributed by atoms with Crippen LogP contribution in [0, 0.1) is 0 Å². The van der Waals surface area contributed by atoms with E-state index in [0.717, 1.165) is 35.8 Å². The molecule has 0 saturated heterocycles. The summed E-state index contributed by atoms with van der Waals surface area (Å²) in [5.74, 6) is 1.72. The molecule has 1 heterocycles. The first kappa shape index (κ1) is 13.6. The van der Waals surface area contributed by atoms with Gasteiger partial charge >= 0.3 is 0 Å². The zero-order valence-electron chi connectivity index (χ0n) is 12.1. The topological polar surface area (TPSA) is 41.1 Å². The van der Waals surface area contributed by atoms with Gasteiger partial charge in [-0.25, -0.2) is 4.98 Å². The van der Waals surface area contributed by atoms with Gasteiger partial charge in [0.05, 0.1) is 5.52 Å². The maximum Gasteiger partial charge on any atom is 0.227 e. The van der Waals surface area contributed by atoms with Gasteiger partial charge < -0.3 is 10.2 Å². The highest BCUT2D eigenvalue weighted by atomic mass is 15.3. The van der Waals surface area contributed by atoms with Crippen LogP contribution < -0.4 is 10.2 Å². The number of aromatic nitrogens is 2. The Balaban J connectivity index is 2.55. The van der Waals surface area contributed by atoms with Gasteiger partial charge in [0.2, 0.25) is 5.95 Å². The van der Waals surface area contributed by atoms with E-state index in [2.05, 4.69) is 53.9 Å². The number of nitrogens with one attached hydrogen (secondary N) is 1. The van der Waals surface area contributed by atoms with Crippen molar-refractivity contribution >= 4 is 22.7 Å². The second-order valence-corrected chi connectivity index (χ2v) is 4.86. The number of nitrogens with zero attached hydrogens (tertiary/aromatic N) is 3. The molecule has 4 heteroatoms. The van der Waals surface area contributed by atoms with Crippen molar-refractivity contribution in [3.63, 3.8) is 0 Å². The summed E-state index contributed by atoms with van der Waals surface area (Å²) in [6.45, 7) is 10.3. The second kappa shape index (κ2) is 5.87. The highest BCUT2D eigenvalue weighted by Gasteiger charge is 2.11. The molecule has 2 aromatic rings. The van der Waals surface area contributed by atoms with Gasteiger partial charge in [0.25, 0.3) is 0 Å². The van der Waals surface area contributed by atoms with E-state index in [1.165, 1.54) is 0 Å². The Kier molecular flexibility index (Phi) is 4.20. The third kappa shape index (κ3) is 2.95. The summed E-state index contributed by atoms with van der Waals surface area (Å²) < 4.78 is 0. The van der Waals surface area contributed by atoms with Crippen LogP contribution in [0.3, 0.4) is 0 Å². The van der Waals surface area contributed by atoms with Gasteiger partial charge in [0, 0.05) is 24.5 Å². The third-order valence-electron chi connectivity index (χ3n) is 3.06. The molecule has 0 radical (unpaired) electrons. The minimum Gasteiger partial charge on any atom is -0.367 e. The van der Waals surface area contributed by atoms with Gasteiger partial charge in [0.1, 0.15) is 5.82 Å². The Morgan fingerprint density at radius 2 is 1.79 bits per heavy atom. The van der Waals surface area contributed by atoms with Crippen LogP contribution in [-0.2, 0) is 0 Å². The predicted molar refractivity (Wildman–Crippen MR) is 81.9 cm³/mol. The number of fused-ring (bicyclic) bond motifs is 1. The molecule has 0 fully saturated rings. The fraction of sp³-hybridized carbons (Fsp3) is 0.467. The molecule has 0 aliphatic heterocycles. The lowest BCUT2D eigenvalue weighted by Gasteiger charge is -2.21. The Labute approximate surface area is 114 Å². The largest absolute Gasteiger partial charge is 0.367 e. The minimum absolute atomic E-state index is 0.350. The van der Waals surface area contributed by atoms with Gasteiger partial charge in [-0.15, -0.1) is 0 Å². The molecule has 4 nitrogen and oxygen atoms in total. The number of benzene rings is 1. The summed E-state index contributed by atoms with van der Waals surface area (Å²) in [5, 5.41) is 4.49. The number of rotatable bonds is 5. The van der Waals surface area contributed by atoms with Gasteiger partial charge in [0.15, 0.2) is 0 Å². The molecular formula is C15H22N4. The van der Waals surface area contributed by atoms with Crippen molar-refractivity contribution in [1.82, 2.24) is 9.97 Å². The van der Waals surface area contributed by atoms with E-state index in [-0.39, 0.29) is 0 Å². The van der Waals surface area contributed by atoms with Gasteiger partial charge in [-0.2, -0.15) is 4.98 Å². The van der Waals surface area contributed by atoms with Crippen molar-refractivity contribution in [2.45, 2.75) is 33.7 Å². The molecule has 0 aliphatic rings. The predicted octanol–water partition coefficient (Wildman–Crippen LogP) is 3.30. The van der Waals surface area contributed by atoms with Crippen molar-refractivity contribution in [3.05, 3.63) is 24.3 Å². The van der Waals surface area contributed by atoms with Crippen LogP contribution in [0.1, 0.15) is 27.7 Å². The van der Waals surface area contributed by atoms with Crippen LogP contribution >= 0.6 is 0 Å². The number of anilines is 2. The first-order chi connectivity index (χ1) is 9.15. The second-order valence-electron chi connectivity index (χ2n) is 4.86. The van der Waals surface area contributed by atoms with E-state index in [4.69, 9.17) is 0 Å². The molecule has 0 unspecified atom stereocenters. The molecule has 1 aromatic carbocycles. The van der Waals surface area contributed by atoms with Gasteiger partial charge in [-0.3, -0.25) is 0 Å². The lowest BCUT2D eigenvalue weighted by atomic mass is 10.2. The monoisotopic (exact) mass is 258 g/mol. The molecule has 0 saturated carbocycles. The minimum atomic E-state index is 0.350. The molecule has 0 atom stereocenters. The summed E-state index contributed by atoms with van der Waals surface area (Å²) in [4.78, 5) is 11.5. The lowest BCUT2D eigenvalue weighted by Crippen LogP contribution is -2.25. The third-order valence-corrected chi connectivity index (χ3v) is 3.06. The summed E-state index contributed by atoms with van der Waals surface area (Å²) >= 11 is 0. The van der Waals surface area contributed by atoms with E-state index < -0.39 is 0 Å². The van der Waals surface area contributed by atoms with Gasteiger partial charge in [-0.1, -0.05) is 12.1 Å². The van der Waals surface area contributed by atoms with Crippen molar-refractivity contribution in [3.8, 4) is 0 Å². The summed E-state index contributed by atoms with van der Waals surface area (Å²) in [6, 6.07) is 8.49. The summed E-state index contributed by atoms with van der Waals surface area (Å²) in [7, 11) is 0. The molecule has 2 rings (SSSR count). The van der Waals surface area contributed by atoms with Crippen LogP contribution in [0.5, 0.6) is 0 Å². The molecule has 1 aromatic heterocycles. The number of hydrogen-bond acceptors (Lipinski definition) is 4. The summed E-state index contributed by atoms with van der Waals surface area (Å²) in [6.07, 6.45) is 0. The van der Waals surface area contributed by atoms with Crippen LogP contribution in [0.2, 0.25) is 0 Å². The number of hydrogen-bond donors (Lipinski definition) is 1. The molecule has 1 N–H and O–H groups in total. The van der Waals surface area contributed by atoms with Crippen molar-refractivity contribution in [2.24, 2.45) is 0 Å². The first-order valence-electron chi connectivity index (χ1n) is 6.94. The maximum atomic E-state index is 4.69. The fourth-order valence-corrected chi connectivity index (χ4v) is 2.10. The van der Waals surface area contributed by atoms with E-state index >= 15 is 0 Å². The highest BCUT2D eigenvalue weighted by molar-refractivity contribution is 5.90. The van der Waals surface area contributed by atoms with Crippen molar-refractivity contribution in [1.29, 1.82) is 0 Å². The maximum absolute atomic E-state index is 4.69.